The number of rotatable bonds is 0. The van der Waals surface area contributed by atoms with Crippen molar-refractivity contribution >= 4 is 5.78 Å². The van der Waals surface area contributed by atoms with Crippen LogP contribution in [0, 0.1) is 11.8 Å². The Kier molecular flexibility index (Phi) is 1.95. The topological polar surface area (TPSA) is 17.1 Å². The van der Waals surface area contributed by atoms with Gasteiger partial charge in [-0.05, 0) is 30.2 Å². The standard InChI is InChI=1S/C14H16O/c1-9-10-5-2-3-6-12(10)14(15)13-8-4-7-11(9)13/h2-3,5-6,9,11,13H,4,7-8H2,1H3/t9-,11+,13-/m1/s1. The molecule has 0 saturated heterocycles. The van der Waals surface area contributed by atoms with Crippen molar-refractivity contribution in [1.29, 1.82) is 0 Å². The lowest BCUT2D eigenvalue weighted by atomic mass is 9.71. The molecule has 0 amide bonds. The van der Waals surface area contributed by atoms with Crippen LogP contribution in [0.2, 0.25) is 0 Å². The zero-order chi connectivity index (χ0) is 10.4. The third kappa shape index (κ3) is 1.19. The van der Waals surface area contributed by atoms with Crippen LogP contribution in [0.4, 0.5) is 0 Å². The number of hydrogen-bond acceptors (Lipinski definition) is 1. The summed E-state index contributed by atoms with van der Waals surface area (Å²) in [5.74, 6) is 1.93. The lowest BCUT2D eigenvalue weighted by Crippen LogP contribution is -2.30. The SMILES string of the molecule is C[C@@H]1c2ccccc2C(=O)[C@@H]2CCC[C@@H]12. The highest BCUT2D eigenvalue weighted by Gasteiger charge is 2.42. The van der Waals surface area contributed by atoms with E-state index >= 15 is 0 Å². The second kappa shape index (κ2) is 3.19. The molecule has 0 unspecified atom stereocenters. The van der Waals surface area contributed by atoms with Crippen LogP contribution < -0.4 is 0 Å². The van der Waals surface area contributed by atoms with Crippen LogP contribution in [-0.2, 0) is 0 Å². The Hall–Kier alpha value is -1.11. The highest BCUT2D eigenvalue weighted by atomic mass is 16.1. The summed E-state index contributed by atoms with van der Waals surface area (Å²) in [4.78, 5) is 12.2. The lowest BCUT2D eigenvalue weighted by Gasteiger charge is -2.32. The van der Waals surface area contributed by atoms with E-state index in [9.17, 15) is 4.79 Å². The van der Waals surface area contributed by atoms with Crippen molar-refractivity contribution < 1.29 is 4.79 Å². The minimum Gasteiger partial charge on any atom is -0.294 e. The molecule has 1 saturated carbocycles. The molecule has 15 heavy (non-hydrogen) atoms. The first kappa shape index (κ1) is 9.14. The summed E-state index contributed by atoms with van der Waals surface area (Å²) in [6.07, 6.45) is 3.59. The minimum atomic E-state index is 0.329. The van der Waals surface area contributed by atoms with E-state index in [1.807, 2.05) is 12.1 Å². The Balaban J connectivity index is 2.14. The summed E-state index contributed by atoms with van der Waals surface area (Å²) in [6, 6.07) is 8.17. The van der Waals surface area contributed by atoms with Gasteiger partial charge in [0, 0.05) is 11.5 Å². The molecule has 2 aliphatic carbocycles. The second-order valence-corrected chi connectivity index (χ2v) is 4.94. The maximum absolute atomic E-state index is 12.2. The number of benzene rings is 1. The summed E-state index contributed by atoms with van der Waals surface area (Å²) in [7, 11) is 0. The number of hydrogen-bond donors (Lipinski definition) is 0. The molecule has 0 radical (unpaired) electrons. The lowest BCUT2D eigenvalue weighted by molar-refractivity contribution is 0.0860. The molecule has 1 aromatic carbocycles. The van der Waals surface area contributed by atoms with Gasteiger partial charge in [-0.2, -0.15) is 0 Å². The average Bonchev–Trinajstić information content (AvgIpc) is 2.75. The normalized spacial score (nSPS) is 33.7. The first-order valence-electron chi connectivity index (χ1n) is 5.92. The van der Waals surface area contributed by atoms with E-state index in [-0.39, 0.29) is 0 Å². The van der Waals surface area contributed by atoms with E-state index < -0.39 is 0 Å². The summed E-state index contributed by atoms with van der Waals surface area (Å²) in [6.45, 7) is 2.29. The maximum atomic E-state index is 12.2. The number of fused-ring (bicyclic) bond motifs is 2. The number of carbonyl (C=O) groups is 1. The quantitative estimate of drug-likeness (QED) is 0.627. The minimum absolute atomic E-state index is 0.329. The Bertz CT molecular complexity index is 408. The van der Waals surface area contributed by atoms with Gasteiger partial charge in [0.15, 0.2) is 5.78 Å². The van der Waals surface area contributed by atoms with Gasteiger partial charge in [-0.25, -0.2) is 0 Å². The van der Waals surface area contributed by atoms with E-state index in [0.717, 1.165) is 12.0 Å². The largest absolute Gasteiger partial charge is 0.294 e. The van der Waals surface area contributed by atoms with Gasteiger partial charge in [0.25, 0.3) is 0 Å². The number of Topliss-reactive ketones (excluding diaryl/α,β-unsaturated/α-hetero) is 1. The van der Waals surface area contributed by atoms with Crippen molar-refractivity contribution in [3.05, 3.63) is 35.4 Å². The van der Waals surface area contributed by atoms with Gasteiger partial charge in [0.05, 0.1) is 0 Å². The van der Waals surface area contributed by atoms with Crippen molar-refractivity contribution in [2.24, 2.45) is 11.8 Å². The second-order valence-electron chi connectivity index (χ2n) is 4.94. The molecule has 3 atom stereocenters. The van der Waals surface area contributed by atoms with Crippen LogP contribution in [0.15, 0.2) is 24.3 Å². The van der Waals surface area contributed by atoms with Gasteiger partial charge in [-0.1, -0.05) is 37.6 Å². The zero-order valence-corrected chi connectivity index (χ0v) is 9.07. The van der Waals surface area contributed by atoms with Crippen molar-refractivity contribution in [2.45, 2.75) is 32.1 Å². The molecule has 0 bridgehead atoms. The van der Waals surface area contributed by atoms with Gasteiger partial charge in [-0.3, -0.25) is 4.79 Å². The van der Waals surface area contributed by atoms with Gasteiger partial charge >= 0.3 is 0 Å². The Morgan fingerprint density at radius 2 is 2.00 bits per heavy atom. The molecule has 1 heteroatoms. The van der Waals surface area contributed by atoms with Crippen LogP contribution in [0.25, 0.3) is 0 Å². The van der Waals surface area contributed by atoms with Crippen LogP contribution in [0.1, 0.15) is 48.0 Å². The summed E-state index contributed by atoms with van der Waals surface area (Å²) >= 11 is 0. The van der Waals surface area contributed by atoms with Crippen LogP contribution in [0.3, 0.4) is 0 Å². The summed E-state index contributed by atoms with van der Waals surface area (Å²) in [5, 5.41) is 0. The Morgan fingerprint density at radius 3 is 2.87 bits per heavy atom. The first-order chi connectivity index (χ1) is 7.29. The molecule has 78 valence electrons. The summed E-state index contributed by atoms with van der Waals surface area (Å²) in [5.41, 5.74) is 2.28. The van der Waals surface area contributed by atoms with Crippen LogP contribution >= 0.6 is 0 Å². The first-order valence-corrected chi connectivity index (χ1v) is 5.92. The number of ketones is 1. The molecule has 3 rings (SSSR count). The Labute approximate surface area is 90.5 Å². The zero-order valence-electron chi connectivity index (χ0n) is 9.07. The van der Waals surface area contributed by atoms with Crippen LogP contribution in [-0.4, -0.2) is 5.78 Å². The third-order valence-corrected chi connectivity index (χ3v) is 4.27. The molecular weight excluding hydrogens is 184 g/mol. The molecule has 1 nitrogen and oxygen atoms in total. The highest BCUT2D eigenvalue weighted by molar-refractivity contribution is 6.01. The molecule has 0 spiro atoms. The molecule has 2 aliphatic rings. The van der Waals surface area contributed by atoms with Crippen LogP contribution in [0.5, 0.6) is 0 Å². The fourth-order valence-electron chi connectivity index (χ4n) is 3.46. The molecule has 1 aromatic rings. The molecular formula is C14H16O. The monoisotopic (exact) mass is 200 g/mol. The van der Waals surface area contributed by atoms with Gasteiger partial charge in [-0.15, -0.1) is 0 Å². The molecule has 0 heterocycles. The Morgan fingerprint density at radius 1 is 1.20 bits per heavy atom. The van der Waals surface area contributed by atoms with E-state index in [1.54, 1.807) is 0 Å². The van der Waals surface area contributed by atoms with Crippen molar-refractivity contribution in [3.63, 3.8) is 0 Å². The van der Waals surface area contributed by atoms with Crippen molar-refractivity contribution in [1.82, 2.24) is 0 Å². The molecule has 0 aliphatic heterocycles. The van der Waals surface area contributed by atoms with Crippen molar-refractivity contribution in [2.75, 3.05) is 0 Å². The summed E-state index contributed by atoms with van der Waals surface area (Å²) < 4.78 is 0. The van der Waals surface area contributed by atoms with Gasteiger partial charge < -0.3 is 0 Å². The predicted molar refractivity (Wildman–Crippen MR) is 60.0 cm³/mol. The third-order valence-electron chi connectivity index (χ3n) is 4.27. The molecule has 0 aromatic heterocycles. The van der Waals surface area contributed by atoms with E-state index in [1.165, 1.54) is 18.4 Å². The predicted octanol–water partition coefficient (Wildman–Crippen LogP) is 3.40. The molecule has 1 fully saturated rings. The average molecular weight is 200 g/mol. The fraction of sp³-hybridized carbons (Fsp3) is 0.500. The maximum Gasteiger partial charge on any atom is 0.166 e. The highest BCUT2D eigenvalue weighted by Crippen LogP contribution is 2.47. The smallest absolute Gasteiger partial charge is 0.166 e. The number of carbonyl (C=O) groups excluding carboxylic acids is 1. The molecule has 0 N–H and O–H groups in total. The fourth-order valence-corrected chi connectivity index (χ4v) is 3.46. The van der Waals surface area contributed by atoms with Gasteiger partial charge in [0.2, 0.25) is 0 Å². The van der Waals surface area contributed by atoms with E-state index in [0.29, 0.717) is 23.5 Å². The van der Waals surface area contributed by atoms with E-state index in [2.05, 4.69) is 19.1 Å². The van der Waals surface area contributed by atoms with Crippen molar-refractivity contribution in [3.8, 4) is 0 Å². The van der Waals surface area contributed by atoms with E-state index in [4.69, 9.17) is 0 Å². The van der Waals surface area contributed by atoms with Gasteiger partial charge in [0.1, 0.15) is 0 Å².